The maximum Gasteiger partial charge on any atom is 0.248 e. The van der Waals surface area contributed by atoms with Crippen LogP contribution in [0, 0.1) is 0 Å². The lowest BCUT2D eigenvalue weighted by atomic mass is 9.86. The normalized spacial score (nSPS) is 27.3. The lowest BCUT2D eigenvalue weighted by molar-refractivity contribution is -0.160. The van der Waals surface area contributed by atoms with Gasteiger partial charge in [0.15, 0.2) is 0 Å². The smallest absolute Gasteiger partial charge is 0.248 e. The van der Waals surface area contributed by atoms with Crippen molar-refractivity contribution in [1.29, 1.82) is 0 Å². The van der Waals surface area contributed by atoms with E-state index in [4.69, 9.17) is 0 Å². The van der Waals surface area contributed by atoms with Gasteiger partial charge < -0.3 is 10.2 Å². The number of piperazine rings is 1. The summed E-state index contributed by atoms with van der Waals surface area (Å²) in [5.41, 5.74) is -1.47. The summed E-state index contributed by atoms with van der Waals surface area (Å²) in [6, 6.07) is 0. The first-order chi connectivity index (χ1) is 8.29. The molecule has 1 saturated heterocycles. The molecule has 2 amide bonds. The number of unbranched alkanes of at least 4 members (excludes halogenated alkanes) is 2. The molecule has 0 aromatic heterocycles. The van der Waals surface area contributed by atoms with E-state index in [9.17, 15) is 9.59 Å². The van der Waals surface area contributed by atoms with E-state index >= 15 is 0 Å². The van der Waals surface area contributed by atoms with Gasteiger partial charge in [0.1, 0.15) is 11.1 Å². The molecule has 1 heterocycles. The molecule has 0 aromatic carbocycles. The Morgan fingerprint density at radius 3 is 2.22 bits per heavy atom. The summed E-state index contributed by atoms with van der Waals surface area (Å²) in [5.74, 6) is -0.00588. The van der Waals surface area contributed by atoms with Crippen molar-refractivity contribution < 1.29 is 9.59 Å². The van der Waals surface area contributed by atoms with Crippen LogP contribution in [-0.2, 0) is 9.59 Å². The average molecular weight is 254 g/mol. The minimum absolute atomic E-state index is 0.0469. The van der Waals surface area contributed by atoms with Crippen LogP contribution in [0.25, 0.3) is 0 Å². The Hall–Kier alpha value is -1.06. The Labute approximate surface area is 110 Å². The first-order valence-electron chi connectivity index (χ1n) is 6.94. The summed E-state index contributed by atoms with van der Waals surface area (Å²) in [4.78, 5) is 26.5. The number of amides is 2. The van der Waals surface area contributed by atoms with Crippen LogP contribution in [0.4, 0.5) is 0 Å². The minimum atomic E-state index is -0.737. The summed E-state index contributed by atoms with van der Waals surface area (Å²) >= 11 is 0. The van der Waals surface area contributed by atoms with E-state index in [1.54, 1.807) is 4.90 Å². The predicted octanol–water partition coefficient (Wildman–Crippen LogP) is 2.08. The van der Waals surface area contributed by atoms with E-state index < -0.39 is 11.1 Å². The van der Waals surface area contributed by atoms with Crippen molar-refractivity contribution in [1.82, 2.24) is 10.2 Å². The highest BCUT2D eigenvalue weighted by molar-refractivity contribution is 6.01. The average Bonchev–Trinajstić information content (AvgIpc) is 2.31. The second-order valence-corrected chi connectivity index (χ2v) is 5.86. The van der Waals surface area contributed by atoms with Crippen LogP contribution in [0.1, 0.15) is 60.3 Å². The van der Waals surface area contributed by atoms with Crippen molar-refractivity contribution >= 4 is 11.8 Å². The van der Waals surface area contributed by atoms with Gasteiger partial charge in [-0.25, -0.2) is 0 Å². The standard InChI is InChI=1S/C14H26N2O2/c1-6-8-9-10-16-12(18)14(5,7-2)15-11(17)13(16,3)4/h6-10H2,1-5H3,(H,15,17). The molecule has 1 N–H and O–H groups in total. The Bertz CT molecular complexity index is 339. The van der Waals surface area contributed by atoms with Gasteiger partial charge in [0.2, 0.25) is 11.8 Å². The van der Waals surface area contributed by atoms with E-state index in [0.29, 0.717) is 13.0 Å². The third kappa shape index (κ3) is 2.52. The highest BCUT2D eigenvalue weighted by Crippen LogP contribution is 2.28. The molecule has 1 aliphatic heterocycles. The Kier molecular flexibility index (Phi) is 4.41. The summed E-state index contributed by atoms with van der Waals surface area (Å²) in [6.45, 7) is 10.2. The SMILES string of the molecule is CCCCCN1C(=O)C(C)(CC)NC(=O)C1(C)C. The van der Waals surface area contributed by atoms with Crippen LogP contribution in [0.3, 0.4) is 0 Å². The number of carbonyl (C=O) groups excluding carboxylic acids is 2. The Balaban J connectivity index is 2.93. The molecule has 0 bridgehead atoms. The molecule has 1 atom stereocenters. The molecule has 4 heteroatoms. The van der Waals surface area contributed by atoms with Gasteiger partial charge in [0.05, 0.1) is 0 Å². The molecule has 0 aliphatic carbocycles. The summed E-state index contributed by atoms with van der Waals surface area (Å²) in [5, 5.41) is 2.87. The summed E-state index contributed by atoms with van der Waals surface area (Å²) < 4.78 is 0. The molecule has 1 aliphatic rings. The fourth-order valence-corrected chi connectivity index (χ4v) is 2.27. The third-order valence-electron chi connectivity index (χ3n) is 4.03. The van der Waals surface area contributed by atoms with Crippen molar-refractivity contribution in [3.05, 3.63) is 0 Å². The van der Waals surface area contributed by atoms with Crippen LogP contribution in [0.2, 0.25) is 0 Å². The first-order valence-corrected chi connectivity index (χ1v) is 6.94. The fraction of sp³-hybridized carbons (Fsp3) is 0.857. The van der Waals surface area contributed by atoms with Crippen LogP contribution < -0.4 is 5.32 Å². The van der Waals surface area contributed by atoms with Crippen LogP contribution >= 0.6 is 0 Å². The van der Waals surface area contributed by atoms with Crippen molar-refractivity contribution in [2.75, 3.05) is 6.54 Å². The lowest BCUT2D eigenvalue weighted by Gasteiger charge is -2.48. The van der Waals surface area contributed by atoms with Gasteiger partial charge in [0, 0.05) is 6.54 Å². The Morgan fingerprint density at radius 2 is 1.72 bits per heavy atom. The molecule has 0 saturated carbocycles. The third-order valence-corrected chi connectivity index (χ3v) is 4.03. The molecule has 0 aromatic rings. The molecule has 1 unspecified atom stereocenters. The summed E-state index contributed by atoms with van der Waals surface area (Å²) in [6.07, 6.45) is 3.78. The molecular weight excluding hydrogens is 228 g/mol. The van der Waals surface area contributed by atoms with Gasteiger partial charge in [-0.2, -0.15) is 0 Å². The number of nitrogens with zero attached hydrogens (tertiary/aromatic N) is 1. The molecule has 0 spiro atoms. The molecule has 1 fully saturated rings. The molecule has 4 nitrogen and oxygen atoms in total. The predicted molar refractivity (Wildman–Crippen MR) is 72.2 cm³/mol. The maximum atomic E-state index is 12.5. The number of rotatable bonds is 5. The van der Waals surface area contributed by atoms with Gasteiger partial charge in [-0.05, 0) is 33.6 Å². The number of carbonyl (C=O) groups is 2. The monoisotopic (exact) mass is 254 g/mol. The number of hydrogen-bond acceptors (Lipinski definition) is 2. The van der Waals surface area contributed by atoms with E-state index in [1.165, 1.54) is 0 Å². The number of hydrogen-bond donors (Lipinski definition) is 1. The van der Waals surface area contributed by atoms with Crippen LogP contribution in [0.15, 0.2) is 0 Å². The number of nitrogens with one attached hydrogen (secondary N) is 1. The Morgan fingerprint density at radius 1 is 1.11 bits per heavy atom. The zero-order chi connectivity index (χ0) is 14.0. The van der Waals surface area contributed by atoms with Crippen LogP contribution in [0.5, 0.6) is 0 Å². The highest BCUT2D eigenvalue weighted by Gasteiger charge is 2.50. The van der Waals surface area contributed by atoms with Gasteiger partial charge in [-0.15, -0.1) is 0 Å². The van der Waals surface area contributed by atoms with E-state index in [2.05, 4.69) is 12.2 Å². The van der Waals surface area contributed by atoms with Crippen LogP contribution in [-0.4, -0.2) is 34.3 Å². The quantitative estimate of drug-likeness (QED) is 0.764. The van der Waals surface area contributed by atoms with Crippen molar-refractivity contribution in [2.24, 2.45) is 0 Å². The summed E-state index contributed by atoms with van der Waals surface area (Å²) in [7, 11) is 0. The zero-order valence-electron chi connectivity index (χ0n) is 12.3. The molecule has 1 rings (SSSR count). The first kappa shape index (κ1) is 15.0. The van der Waals surface area contributed by atoms with E-state index in [1.807, 2.05) is 27.7 Å². The minimum Gasteiger partial charge on any atom is -0.340 e. The van der Waals surface area contributed by atoms with E-state index in [-0.39, 0.29) is 11.8 Å². The topological polar surface area (TPSA) is 49.4 Å². The molecule has 104 valence electrons. The van der Waals surface area contributed by atoms with Crippen molar-refractivity contribution in [3.8, 4) is 0 Å². The maximum absolute atomic E-state index is 12.5. The van der Waals surface area contributed by atoms with Crippen molar-refractivity contribution in [3.63, 3.8) is 0 Å². The fourth-order valence-electron chi connectivity index (χ4n) is 2.27. The largest absolute Gasteiger partial charge is 0.340 e. The zero-order valence-corrected chi connectivity index (χ0v) is 12.3. The van der Waals surface area contributed by atoms with Gasteiger partial charge in [0.25, 0.3) is 0 Å². The molecular formula is C14H26N2O2. The second kappa shape index (κ2) is 5.29. The van der Waals surface area contributed by atoms with Gasteiger partial charge in [-0.1, -0.05) is 26.7 Å². The highest BCUT2D eigenvalue weighted by atomic mass is 16.2. The second-order valence-electron chi connectivity index (χ2n) is 5.86. The van der Waals surface area contributed by atoms with E-state index in [0.717, 1.165) is 19.3 Å². The molecule has 18 heavy (non-hydrogen) atoms. The molecule has 0 radical (unpaired) electrons. The van der Waals surface area contributed by atoms with Gasteiger partial charge in [-0.3, -0.25) is 9.59 Å². The lowest BCUT2D eigenvalue weighted by Crippen LogP contribution is -2.73. The van der Waals surface area contributed by atoms with Crippen molar-refractivity contribution in [2.45, 2.75) is 71.4 Å². The van der Waals surface area contributed by atoms with Gasteiger partial charge >= 0.3 is 0 Å².